The van der Waals surface area contributed by atoms with Crippen molar-refractivity contribution in [1.82, 2.24) is 19.5 Å². The van der Waals surface area contributed by atoms with Crippen molar-refractivity contribution < 1.29 is 0 Å². The Labute approximate surface area is 187 Å². The summed E-state index contributed by atoms with van der Waals surface area (Å²) in [6.07, 6.45) is 1.83. The highest BCUT2D eigenvalue weighted by Crippen LogP contribution is 2.36. The summed E-state index contributed by atoms with van der Waals surface area (Å²) in [6, 6.07) is 31.2. The SMILES string of the molecule is c1ccc(-c2cccc(-n3c4ccccc4c4nc5sc6ccccc6c5nc43)c2)nc1. The van der Waals surface area contributed by atoms with Crippen LogP contribution in [0.4, 0.5) is 0 Å². The van der Waals surface area contributed by atoms with Gasteiger partial charge in [0.15, 0.2) is 5.65 Å². The van der Waals surface area contributed by atoms with E-state index in [2.05, 4.69) is 82.3 Å². The monoisotopic (exact) mass is 428 g/mol. The first-order valence-corrected chi connectivity index (χ1v) is 11.3. The van der Waals surface area contributed by atoms with Crippen molar-refractivity contribution in [3.8, 4) is 16.9 Å². The molecule has 0 amide bonds. The van der Waals surface area contributed by atoms with E-state index in [4.69, 9.17) is 9.97 Å². The average Bonchev–Trinajstić information content (AvgIpc) is 3.38. The number of benzene rings is 3. The maximum Gasteiger partial charge on any atom is 0.165 e. The van der Waals surface area contributed by atoms with Gasteiger partial charge in [0.2, 0.25) is 0 Å². The molecule has 32 heavy (non-hydrogen) atoms. The molecule has 4 nitrogen and oxygen atoms in total. The van der Waals surface area contributed by atoms with E-state index in [1.54, 1.807) is 11.3 Å². The molecule has 7 rings (SSSR count). The number of hydrogen-bond acceptors (Lipinski definition) is 4. The first kappa shape index (κ1) is 17.6. The zero-order valence-corrected chi connectivity index (χ0v) is 17.8. The Morgan fingerprint density at radius 1 is 0.688 bits per heavy atom. The van der Waals surface area contributed by atoms with Crippen LogP contribution in [0.15, 0.2) is 97.2 Å². The number of pyridine rings is 1. The summed E-state index contributed by atoms with van der Waals surface area (Å²) >= 11 is 1.70. The highest BCUT2D eigenvalue weighted by Gasteiger charge is 2.18. The Hall–Kier alpha value is -4.09. The van der Waals surface area contributed by atoms with Gasteiger partial charge in [0.1, 0.15) is 15.9 Å². The van der Waals surface area contributed by atoms with E-state index in [0.717, 1.165) is 54.7 Å². The summed E-state index contributed by atoms with van der Waals surface area (Å²) in [5.74, 6) is 0. The molecule has 0 saturated heterocycles. The topological polar surface area (TPSA) is 43.6 Å². The quantitative estimate of drug-likeness (QED) is 0.298. The first-order valence-electron chi connectivity index (χ1n) is 10.5. The molecule has 4 aromatic heterocycles. The van der Waals surface area contributed by atoms with Crippen LogP contribution in [0.25, 0.3) is 59.4 Å². The van der Waals surface area contributed by atoms with Crippen molar-refractivity contribution in [3.05, 3.63) is 97.2 Å². The second-order valence-corrected chi connectivity index (χ2v) is 8.80. The van der Waals surface area contributed by atoms with Gasteiger partial charge in [-0.3, -0.25) is 9.55 Å². The van der Waals surface area contributed by atoms with Gasteiger partial charge in [-0.1, -0.05) is 54.6 Å². The lowest BCUT2D eigenvalue weighted by Crippen LogP contribution is -1.96. The minimum Gasteiger partial charge on any atom is -0.293 e. The first-order chi connectivity index (χ1) is 15.9. The summed E-state index contributed by atoms with van der Waals surface area (Å²) in [7, 11) is 0. The van der Waals surface area contributed by atoms with E-state index in [1.807, 2.05) is 24.4 Å². The Morgan fingerprint density at radius 3 is 2.44 bits per heavy atom. The lowest BCUT2D eigenvalue weighted by molar-refractivity contribution is 1.14. The van der Waals surface area contributed by atoms with Crippen LogP contribution >= 0.6 is 11.3 Å². The summed E-state index contributed by atoms with van der Waals surface area (Å²) in [4.78, 5) is 15.8. The van der Waals surface area contributed by atoms with Gasteiger partial charge in [0, 0.05) is 32.9 Å². The standard InChI is InChI=1S/C27H16N4S/c1-3-13-22-19(10-1)24-26(29-25-20-11-2-4-14-23(20)32-27(25)30-24)31(22)18-9-7-8-17(16-18)21-12-5-6-15-28-21/h1-16H. The van der Waals surface area contributed by atoms with E-state index in [9.17, 15) is 0 Å². The van der Waals surface area contributed by atoms with E-state index in [0.29, 0.717) is 0 Å². The predicted molar refractivity (Wildman–Crippen MR) is 132 cm³/mol. The van der Waals surface area contributed by atoms with Gasteiger partial charge in [-0.2, -0.15) is 0 Å². The minimum absolute atomic E-state index is 0.875. The number of rotatable bonds is 2. The van der Waals surface area contributed by atoms with Crippen LogP contribution in [-0.2, 0) is 0 Å². The molecular weight excluding hydrogens is 412 g/mol. The molecule has 0 unspecified atom stereocenters. The Morgan fingerprint density at radius 2 is 1.53 bits per heavy atom. The predicted octanol–water partition coefficient (Wildman–Crippen LogP) is 7.00. The molecule has 0 aliphatic carbocycles. The van der Waals surface area contributed by atoms with Gasteiger partial charge >= 0.3 is 0 Å². The maximum atomic E-state index is 5.18. The van der Waals surface area contributed by atoms with Crippen molar-refractivity contribution in [2.24, 2.45) is 0 Å². The molecule has 0 saturated carbocycles. The molecule has 0 atom stereocenters. The molecule has 0 spiro atoms. The second kappa shape index (κ2) is 6.70. The van der Waals surface area contributed by atoms with E-state index in [1.165, 1.54) is 4.70 Å². The molecule has 0 fully saturated rings. The van der Waals surface area contributed by atoms with Crippen molar-refractivity contribution >= 4 is 53.8 Å². The number of nitrogens with zero attached hydrogens (tertiary/aromatic N) is 4. The van der Waals surface area contributed by atoms with Gasteiger partial charge in [-0.15, -0.1) is 11.3 Å². The van der Waals surface area contributed by atoms with E-state index >= 15 is 0 Å². The Kier molecular flexibility index (Phi) is 3.68. The van der Waals surface area contributed by atoms with Crippen LogP contribution in [0.2, 0.25) is 0 Å². The van der Waals surface area contributed by atoms with Crippen LogP contribution in [-0.4, -0.2) is 19.5 Å². The molecule has 0 aliphatic heterocycles. The molecule has 3 aromatic carbocycles. The molecule has 0 aliphatic rings. The van der Waals surface area contributed by atoms with Crippen LogP contribution in [0.1, 0.15) is 0 Å². The third kappa shape index (κ3) is 2.52. The molecule has 0 radical (unpaired) electrons. The fourth-order valence-electron chi connectivity index (χ4n) is 4.43. The number of thiophene rings is 1. The summed E-state index contributed by atoms with van der Waals surface area (Å²) < 4.78 is 3.43. The highest BCUT2D eigenvalue weighted by molar-refractivity contribution is 7.25. The number of fused-ring (bicyclic) bond motifs is 6. The van der Waals surface area contributed by atoms with Crippen LogP contribution in [0.3, 0.4) is 0 Å². The highest BCUT2D eigenvalue weighted by atomic mass is 32.1. The fourth-order valence-corrected chi connectivity index (χ4v) is 5.45. The number of para-hydroxylation sites is 1. The zero-order valence-electron chi connectivity index (χ0n) is 16.9. The normalized spacial score (nSPS) is 11.8. The molecule has 0 N–H and O–H groups in total. The lowest BCUT2D eigenvalue weighted by atomic mass is 10.1. The molecule has 4 heterocycles. The molecule has 150 valence electrons. The summed E-state index contributed by atoms with van der Waals surface area (Å²) in [5.41, 5.74) is 6.94. The third-order valence-electron chi connectivity index (χ3n) is 5.87. The molecule has 7 aromatic rings. The van der Waals surface area contributed by atoms with Gasteiger partial charge in [-0.25, -0.2) is 9.97 Å². The second-order valence-electron chi connectivity index (χ2n) is 7.77. The fraction of sp³-hybridized carbons (Fsp3) is 0. The van der Waals surface area contributed by atoms with E-state index in [-0.39, 0.29) is 0 Å². The van der Waals surface area contributed by atoms with Crippen LogP contribution in [0, 0.1) is 0 Å². The molecule has 5 heteroatoms. The van der Waals surface area contributed by atoms with Gasteiger partial charge in [0.05, 0.1) is 11.2 Å². The van der Waals surface area contributed by atoms with Crippen molar-refractivity contribution in [2.45, 2.75) is 0 Å². The smallest absolute Gasteiger partial charge is 0.165 e. The van der Waals surface area contributed by atoms with Gasteiger partial charge < -0.3 is 0 Å². The minimum atomic E-state index is 0.875. The van der Waals surface area contributed by atoms with Crippen LogP contribution in [0.5, 0.6) is 0 Å². The van der Waals surface area contributed by atoms with Crippen LogP contribution < -0.4 is 0 Å². The maximum absolute atomic E-state index is 5.18. The van der Waals surface area contributed by atoms with E-state index < -0.39 is 0 Å². The van der Waals surface area contributed by atoms with Crippen molar-refractivity contribution in [3.63, 3.8) is 0 Å². The van der Waals surface area contributed by atoms with Gasteiger partial charge in [0.25, 0.3) is 0 Å². The van der Waals surface area contributed by atoms with Crippen molar-refractivity contribution in [1.29, 1.82) is 0 Å². The zero-order chi connectivity index (χ0) is 21.1. The molecular formula is C27H16N4S. The van der Waals surface area contributed by atoms with Gasteiger partial charge in [-0.05, 0) is 36.4 Å². The lowest BCUT2D eigenvalue weighted by Gasteiger charge is -2.09. The Bertz CT molecular complexity index is 1780. The third-order valence-corrected chi connectivity index (χ3v) is 6.93. The summed E-state index contributed by atoms with van der Waals surface area (Å²) in [6.45, 7) is 0. The average molecular weight is 429 g/mol. The molecule has 0 bridgehead atoms. The Balaban J connectivity index is 1.58. The number of aromatic nitrogens is 4. The summed E-state index contributed by atoms with van der Waals surface area (Å²) in [5, 5.41) is 2.26. The largest absolute Gasteiger partial charge is 0.293 e. The number of hydrogen-bond donors (Lipinski definition) is 0. The van der Waals surface area contributed by atoms with Crippen molar-refractivity contribution in [2.75, 3.05) is 0 Å².